The molecule has 37 heavy (non-hydrogen) atoms. The molecule has 0 spiro atoms. The van der Waals surface area contributed by atoms with Crippen molar-refractivity contribution in [2.24, 2.45) is 0 Å². The summed E-state index contributed by atoms with van der Waals surface area (Å²) in [4.78, 5) is 23.4. The summed E-state index contributed by atoms with van der Waals surface area (Å²) in [5, 5.41) is 0. The summed E-state index contributed by atoms with van der Waals surface area (Å²) >= 11 is 0. The van der Waals surface area contributed by atoms with E-state index in [1.54, 1.807) is 26.0 Å². The maximum Gasteiger partial charge on any atom is 0.341 e. The third-order valence-corrected chi connectivity index (χ3v) is 13.6. The molecule has 9 heteroatoms. The first kappa shape index (κ1) is 33.0. The summed E-state index contributed by atoms with van der Waals surface area (Å²) in [5.41, 5.74) is 0.527. The number of rotatable bonds is 20. The Bertz CT molecular complexity index is 821. The fourth-order valence-corrected chi connectivity index (χ4v) is 11.3. The lowest BCUT2D eigenvalue weighted by atomic mass is 9.91. The van der Waals surface area contributed by atoms with Crippen molar-refractivity contribution in [1.82, 2.24) is 0 Å². The molecule has 0 saturated heterocycles. The quantitative estimate of drug-likeness (QED) is 0.0955. The molecule has 0 aromatic heterocycles. The predicted molar refractivity (Wildman–Crippen MR) is 152 cm³/mol. The van der Waals surface area contributed by atoms with Gasteiger partial charge in [-0.15, -0.1) is 0 Å². The molecule has 0 aliphatic heterocycles. The van der Waals surface area contributed by atoms with Crippen molar-refractivity contribution >= 4 is 29.3 Å². The number of carbonyl (C=O) groups is 2. The van der Waals surface area contributed by atoms with E-state index in [9.17, 15) is 9.59 Å². The van der Waals surface area contributed by atoms with E-state index in [1.807, 2.05) is 18.2 Å². The second-order valence-electron chi connectivity index (χ2n) is 9.04. The summed E-state index contributed by atoms with van der Waals surface area (Å²) in [5.74, 6) is -0.666. The highest BCUT2D eigenvalue weighted by Crippen LogP contribution is 2.32. The van der Waals surface area contributed by atoms with Gasteiger partial charge in [0.05, 0.1) is 18.8 Å². The molecule has 1 aromatic carbocycles. The minimum absolute atomic E-state index is 0.324. The molecule has 1 rings (SSSR count). The minimum atomic E-state index is -2.63. The van der Waals surface area contributed by atoms with Crippen molar-refractivity contribution in [3.05, 3.63) is 60.2 Å². The van der Waals surface area contributed by atoms with Gasteiger partial charge in [-0.3, -0.25) is 0 Å². The van der Waals surface area contributed by atoms with E-state index in [-0.39, 0.29) is 11.9 Å². The topological polar surface area (TPSA) is 80.3 Å². The van der Waals surface area contributed by atoms with Crippen molar-refractivity contribution < 1.29 is 32.3 Å². The van der Waals surface area contributed by atoms with Gasteiger partial charge in [0.25, 0.3) is 0 Å². The maximum atomic E-state index is 11.7. The Morgan fingerprint density at radius 3 is 1.92 bits per heavy atom. The summed E-state index contributed by atoms with van der Waals surface area (Å²) in [6.45, 7) is 11.7. The summed E-state index contributed by atoms with van der Waals surface area (Å²) in [6, 6.07) is 10.9. The number of benzene rings is 1. The van der Waals surface area contributed by atoms with E-state index in [0.717, 1.165) is 18.4 Å². The fraction of sp³-hybridized carbons (Fsp3) is 0.571. The van der Waals surface area contributed by atoms with Crippen LogP contribution in [0.3, 0.4) is 0 Å². The van der Waals surface area contributed by atoms with Gasteiger partial charge in [-0.25, -0.2) is 9.59 Å². The van der Waals surface area contributed by atoms with Crippen LogP contribution in [0.15, 0.2) is 54.6 Å². The number of allylic oxidation sites excluding steroid dienone is 2. The Labute approximate surface area is 226 Å². The van der Waals surface area contributed by atoms with Gasteiger partial charge < -0.3 is 22.8 Å². The smallest absolute Gasteiger partial charge is 0.341 e. The zero-order valence-electron chi connectivity index (χ0n) is 23.3. The molecule has 7 nitrogen and oxygen atoms in total. The number of hydrogen-bond acceptors (Lipinski definition) is 7. The van der Waals surface area contributed by atoms with Gasteiger partial charge in [0.1, 0.15) is 0 Å². The average molecular weight is 551 g/mol. The lowest BCUT2D eigenvalue weighted by Gasteiger charge is -2.37. The van der Waals surface area contributed by atoms with E-state index >= 15 is 0 Å². The van der Waals surface area contributed by atoms with E-state index in [2.05, 4.69) is 32.9 Å². The molecule has 1 aromatic rings. The lowest BCUT2D eigenvalue weighted by Crippen LogP contribution is -2.52. The number of ether oxygens (including phenoxy) is 2. The molecule has 0 amide bonds. The predicted octanol–water partition coefficient (Wildman–Crippen LogP) is 5.20. The van der Waals surface area contributed by atoms with Crippen molar-refractivity contribution in [3.8, 4) is 0 Å². The molecule has 0 N–H and O–H groups in total. The van der Waals surface area contributed by atoms with Crippen LogP contribution < -0.4 is 0 Å². The van der Waals surface area contributed by atoms with Gasteiger partial charge >= 0.3 is 20.0 Å². The molecular weight excluding hydrogens is 504 g/mol. The molecule has 0 aliphatic carbocycles. The zero-order valence-corrected chi connectivity index (χ0v) is 25.7. The lowest BCUT2D eigenvalue weighted by molar-refractivity contribution is -0.138. The highest BCUT2D eigenvalue weighted by atomic mass is 29.2. The van der Waals surface area contributed by atoms with Crippen molar-refractivity contribution in [2.75, 3.05) is 26.4 Å². The highest BCUT2D eigenvalue weighted by molar-refractivity contribution is 7.15. The van der Waals surface area contributed by atoms with Crippen molar-refractivity contribution in [2.45, 2.75) is 78.4 Å². The van der Waals surface area contributed by atoms with Crippen LogP contribution in [0.1, 0.15) is 72.3 Å². The van der Waals surface area contributed by atoms with Crippen LogP contribution in [0.25, 0.3) is 0 Å². The van der Waals surface area contributed by atoms with Gasteiger partial charge in [-0.2, -0.15) is 0 Å². The summed E-state index contributed by atoms with van der Waals surface area (Å²) in [6.07, 6.45) is 10.0. The van der Waals surface area contributed by atoms with Crippen LogP contribution in [0, 0.1) is 0 Å². The fourth-order valence-electron chi connectivity index (χ4n) is 3.74. The van der Waals surface area contributed by atoms with E-state index in [0.29, 0.717) is 51.7 Å². The molecule has 0 radical (unpaired) electrons. The maximum absolute atomic E-state index is 11.7. The molecule has 0 saturated carbocycles. The standard InChI is InChI=1S/C28H46O7Si2/c1-6-15-26(29)31-22-13-19-28(5,25-17-11-10-12-18-25)35-36-37(33-20-8-3,34-21-9-4)24-14-23-32-27(30)16-7-2/h6-7,10-12,15-18H,8-9,13-14,19-24,36H2,1-5H3. The van der Waals surface area contributed by atoms with E-state index in [4.69, 9.17) is 22.8 Å². The normalized spacial score (nSPS) is 14.0. The van der Waals surface area contributed by atoms with Crippen LogP contribution >= 0.6 is 0 Å². The van der Waals surface area contributed by atoms with Gasteiger partial charge in [0.15, 0.2) is 0 Å². The van der Waals surface area contributed by atoms with Crippen LogP contribution in [-0.2, 0) is 37.9 Å². The Hall–Kier alpha value is -2.05. The van der Waals surface area contributed by atoms with Gasteiger partial charge in [-0.1, -0.05) is 56.3 Å². The molecule has 208 valence electrons. The Morgan fingerprint density at radius 1 is 0.865 bits per heavy atom. The van der Waals surface area contributed by atoms with E-state index in [1.165, 1.54) is 12.2 Å². The van der Waals surface area contributed by atoms with Crippen molar-refractivity contribution in [1.29, 1.82) is 0 Å². The van der Waals surface area contributed by atoms with Crippen LogP contribution in [0.2, 0.25) is 6.04 Å². The Morgan fingerprint density at radius 2 is 1.41 bits per heavy atom. The van der Waals surface area contributed by atoms with Crippen LogP contribution in [0.5, 0.6) is 0 Å². The van der Waals surface area contributed by atoms with Gasteiger partial charge in [0, 0.05) is 25.4 Å². The van der Waals surface area contributed by atoms with Crippen LogP contribution in [-0.4, -0.2) is 55.7 Å². The molecule has 0 aliphatic rings. The first-order valence-corrected chi connectivity index (χ1v) is 18.3. The first-order valence-electron chi connectivity index (χ1n) is 13.4. The molecule has 0 heterocycles. The summed E-state index contributed by atoms with van der Waals surface area (Å²) in [7, 11) is -3.90. The molecular formula is C28H46O7Si2. The monoisotopic (exact) mass is 550 g/mol. The largest absolute Gasteiger partial charge is 0.463 e. The molecule has 1 atom stereocenters. The second kappa shape index (κ2) is 19.1. The number of esters is 2. The SMILES string of the molecule is CC=CC(=O)OCCCC(C)(O[SiH2][Si](CCCOC(=O)C=CC)(OCCC)OCCC)c1ccccc1. The first-order chi connectivity index (χ1) is 17.8. The Kier molecular flexibility index (Phi) is 17.0. The second-order valence-corrected chi connectivity index (χ2v) is 16.6. The minimum Gasteiger partial charge on any atom is -0.463 e. The van der Waals surface area contributed by atoms with Gasteiger partial charge in [-0.05, 0) is 64.5 Å². The number of carbonyl (C=O) groups excluding carboxylic acids is 2. The Balaban J connectivity index is 3.00. The molecule has 0 fully saturated rings. The van der Waals surface area contributed by atoms with Crippen molar-refractivity contribution in [3.63, 3.8) is 0 Å². The number of hydrogen-bond donors (Lipinski definition) is 0. The molecule has 0 bridgehead atoms. The average Bonchev–Trinajstić information content (AvgIpc) is 2.90. The van der Waals surface area contributed by atoms with E-state index < -0.39 is 23.0 Å². The van der Waals surface area contributed by atoms with Crippen LogP contribution in [0.4, 0.5) is 0 Å². The molecule has 1 unspecified atom stereocenters. The third-order valence-electron chi connectivity index (χ3n) is 5.73. The highest BCUT2D eigenvalue weighted by Gasteiger charge is 2.41. The van der Waals surface area contributed by atoms with Gasteiger partial charge in [0.2, 0.25) is 9.28 Å². The third kappa shape index (κ3) is 13.4. The summed E-state index contributed by atoms with van der Waals surface area (Å²) < 4.78 is 30.4. The zero-order chi connectivity index (χ0) is 27.4.